The standard InChI is InChI=1S/C8H5N4/c1-2-4-10-7(3-1)8-11-5-9-6-12-8/h1-5H. The van der Waals surface area contributed by atoms with Crippen molar-refractivity contribution >= 4 is 0 Å². The first-order valence-electron chi connectivity index (χ1n) is 3.43. The number of pyridine rings is 1. The zero-order valence-electron chi connectivity index (χ0n) is 6.18. The van der Waals surface area contributed by atoms with Crippen LogP contribution in [0.15, 0.2) is 30.7 Å². The Bertz CT molecular complexity index is 308. The van der Waals surface area contributed by atoms with Gasteiger partial charge in [-0.2, -0.15) is 0 Å². The molecule has 2 aromatic rings. The van der Waals surface area contributed by atoms with E-state index in [4.69, 9.17) is 0 Å². The molecule has 0 aliphatic carbocycles. The van der Waals surface area contributed by atoms with Gasteiger partial charge in [-0.1, -0.05) is 6.07 Å². The minimum Gasteiger partial charge on any atom is -0.253 e. The molecule has 57 valence electrons. The highest BCUT2D eigenvalue weighted by atomic mass is 15.0. The van der Waals surface area contributed by atoms with Crippen LogP contribution in [0, 0.1) is 6.33 Å². The second-order valence-electron chi connectivity index (χ2n) is 2.12. The van der Waals surface area contributed by atoms with Crippen molar-refractivity contribution in [2.24, 2.45) is 0 Å². The number of nitrogens with zero attached hydrogens (tertiary/aromatic N) is 4. The van der Waals surface area contributed by atoms with E-state index in [9.17, 15) is 0 Å². The Morgan fingerprint density at radius 1 is 1.17 bits per heavy atom. The van der Waals surface area contributed by atoms with Gasteiger partial charge in [-0.05, 0) is 12.1 Å². The van der Waals surface area contributed by atoms with Gasteiger partial charge in [0.2, 0.25) is 6.33 Å². The van der Waals surface area contributed by atoms with Crippen molar-refractivity contribution in [1.29, 1.82) is 0 Å². The molecule has 0 unspecified atom stereocenters. The Morgan fingerprint density at radius 2 is 2.17 bits per heavy atom. The van der Waals surface area contributed by atoms with Gasteiger partial charge in [-0.15, -0.1) is 0 Å². The Balaban J connectivity index is 2.46. The third-order valence-electron chi connectivity index (χ3n) is 1.35. The zero-order valence-corrected chi connectivity index (χ0v) is 6.18. The monoisotopic (exact) mass is 157 g/mol. The zero-order chi connectivity index (χ0) is 8.23. The molecule has 0 atom stereocenters. The topological polar surface area (TPSA) is 51.6 Å². The van der Waals surface area contributed by atoms with E-state index in [2.05, 4.69) is 26.3 Å². The van der Waals surface area contributed by atoms with Crippen LogP contribution in [-0.2, 0) is 0 Å². The lowest BCUT2D eigenvalue weighted by Crippen LogP contribution is -1.90. The lowest BCUT2D eigenvalue weighted by molar-refractivity contribution is 1.03. The first-order valence-corrected chi connectivity index (χ1v) is 3.43. The molecule has 4 nitrogen and oxygen atoms in total. The van der Waals surface area contributed by atoms with Gasteiger partial charge >= 0.3 is 0 Å². The average Bonchev–Trinajstić information content (AvgIpc) is 2.21. The summed E-state index contributed by atoms with van der Waals surface area (Å²) in [6, 6.07) is 5.56. The molecule has 0 fully saturated rings. The van der Waals surface area contributed by atoms with Gasteiger partial charge in [-0.25, -0.2) is 15.0 Å². The lowest BCUT2D eigenvalue weighted by atomic mass is 10.3. The summed E-state index contributed by atoms with van der Waals surface area (Å²) in [4.78, 5) is 15.4. The summed E-state index contributed by atoms with van der Waals surface area (Å²) in [7, 11) is 0. The summed E-state index contributed by atoms with van der Waals surface area (Å²) in [5, 5.41) is 0. The maximum Gasteiger partial charge on any atom is 0.201 e. The van der Waals surface area contributed by atoms with Gasteiger partial charge < -0.3 is 0 Å². The Hall–Kier alpha value is -1.84. The molecule has 2 aromatic heterocycles. The molecule has 0 N–H and O–H groups in total. The summed E-state index contributed by atoms with van der Waals surface area (Å²) in [6.45, 7) is 0. The van der Waals surface area contributed by atoms with Crippen LogP contribution in [-0.4, -0.2) is 19.9 Å². The maximum atomic E-state index is 4.08. The van der Waals surface area contributed by atoms with E-state index in [-0.39, 0.29) is 0 Å². The second-order valence-corrected chi connectivity index (χ2v) is 2.12. The summed E-state index contributed by atoms with van der Waals surface area (Å²) in [6.07, 6.45) is 5.55. The van der Waals surface area contributed by atoms with Gasteiger partial charge in [0, 0.05) is 6.20 Å². The number of hydrogen-bond donors (Lipinski definition) is 0. The van der Waals surface area contributed by atoms with Crippen LogP contribution in [0.4, 0.5) is 0 Å². The highest BCUT2D eigenvalue weighted by Gasteiger charge is 1.98. The van der Waals surface area contributed by atoms with Crippen LogP contribution >= 0.6 is 0 Å². The molecule has 2 heterocycles. The number of aromatic nitrogens is 4. The molecule has 0 bridgehead atoms. The van der Waals surface area contributed by atoms with E-state index in [1.165, 1.54) is 6.33 Å². The number of hydrogen-bond acceptors (Lipinski definition) is 4. The van der Waals surface area contributed by atoms with Gasteiger partial charge in [0.25, 0.3) is 0 Å². The predicted octanol–water partition coefficient (Wildman–Crippen LogP) is 0.734. The van der Waals surface area contributed by atoms with E-state index in [0.29, 0.717) is 5.82 Å². The minimum absolute atomic E-state index is 0.547. The summed E-state index contributed by atoms with van der Waals surface area (Å²) in [5.74, 6) is 0.547. The van der Waals surface area contributed by atoms with Gasteiger partial charge in [-0.3, -0.25) is 4.98 Å². The Labute approximate surface area is 69.4 Å². The van der Waals surface area contributed by atoms with Crippen molar-refractivity contribution in [2.45, 2.75) is 0 Å². The minimum atomic E-state index is 0.547. The van der Waals surface area contributed by atoms with E-state index in [0.717, 1.165) is 5.69 Å². The average molecular weight is 157 g/mol. The van der Waals surface area contributed by atoms with Gasteiger partial charge in [0.1, 0.15) is 12.0 Å². The first kappa shape index (κ1) is 6.84. The number of rotatable bonds is 1. The van der Waals surface area contributed by atoms with Crippen LogP contribution in [0.1, 0.15) is 0 Å². The van der Waals surface area contributed by atoms with Crippen LogP contribution < -0.4 is 0 Å². The molecule has 0 saturated heterocycles. The molecule has 0 aromatic carbocycles. The highest BCUT2D eigenvalue weighted by Crippen LogP contribution is 2.06. The van der Waals surface area contributed by atoms with Crippen molar-refractivity contribution < 1.29 is 0 Å². The molecule has 0 aliphatic rings. The molecule has 0 amide bonds. The Morgan fingerprint density at radius 3 is 2.83 bits per heavy atom. The van der Waals surface area contributed by atoms with Gasteiger partial charge in [0.15, 0.2) is 5.82 Å². The Kier molecular flexibility index (Phi) is 1.74. The molecular formula is C8H5N4. The first-order chi connectivity index (χ1) is 5.97. The van der Waals surface area contributed by atoms with Crippen molar-refractivity contribution in [2.75, 3.05) is 0 Å². The van der Waals surface area contributed by atoms with Crippen molar-refractivity contribution in [1.82, 2.24) is 19.9 Å². The largest absolute Gasteiger partial charge is 0.253 e. The molecule has 2 rings (SSSR count). The van der Waals surface area contributed by atoms with Crippen LogP contribution in [0.5, 0.6) is 0 Å². The fourth-order valence-electron chi connectivity index (χ4n) is 0.833. The highest BCUT2D eigenvalue weighted by molar-refractivity contribution is 5.46. The van der Waals surface area contributed by atoms with Gasteiger partial charge in [0.05, 0.1) is 0 Å². The summed E-state index contributed by atoms with van der Waals surface area (Å²) >= 11 is 0. The third-order valence-corrected chi connectivity index (χ3v) is 1.35. The van der Waals surface area contributed by atoms with E-state index in [1.807, 2.05) is 18.2 Å². The fraction of sp³-hybridized carbons (Fsp3) is 0. The molecular weight excluding hydrogens is 152 g/mol. The molecule has 0 spiro atoms. The van der Waals surface area contributed by atoms with E-state index < -0.39 is 0 Å². The van der Waals surface area contributed by atoms with Crippen LogP contribution in [0.3, 0.4) is 0 Å². The SMILES string of the molecule is [c]1ncnc(-c2ccccn2)n1. The van der Waals surface area contributed by atoms with Crippen molar-refractivity contribution in [3.8, 4) is 11.5 Å². The van der Waals surface area contributed by atoms with E-state index in [1.54, 1.807) is 6.20 Å². The summed E-state index contributed by atoms with van der Waals surface area (Å²) in [5.41, 5.74) is 0.733. The molecule has 4 heteroatoms. The summed E-state index contributed by atoms with van der Waals surface area (Å²) < 4.78 is 0. The van der Waals surface area contributed by atoms with Crippen molar-refractivity contribution in [3.63, 3.8) is 0 Å². The molecule has 1 radical (unpaired) electrons. The smallest absolute Gasteiger partial charge is 0.201 e. The third kappa shape index (κ3) is 1.27. The quantitative estimate of drug-likeness (QED) is 0.612. The van der Waals surface area contributed by atoms with Crippen LogP contribution in [0.25, 0.3) is 11.5 Å². The lowest BCUT2D eigenvalue weighted by Gasteiger charge is -1.94. The normalized spacial score (nSPS) is 9.67. The van der Waals surface area contributed by atoms with E-state index >= 15 is 0 Å². The molecule has 0 aliphatic heterocycles. The molecule has 0 saturated carbocycles. The van der Waals surface area contributed by atoms with Crippen LogP contribution in [0.2, 0.25) is 0 Å². The fourth-order valence-corrected chi connectivity index (χ4v) is 0.833. The second kappa shape index (κ2) is 3.04. The predicted molar refractivity (Wildman–Crippen MR) is 41.9 cm³/mol. The van der Waals surface area contributed by atoms with Crippen molar-refractivity contribution in [3.05, 3.63) is 37.1 Å². The maximum absolute atomic E-state index is 4.08. The molecule has 12 heavy (non-hydrogen) atoms.